The fourth-order valence-electron chi connectivity index (χ4n) is 2.91. The zero-order valence-electron chi connectivity index (χ0n) is 14.8. The number of aromatic nitrogens is 2. The van der Waals surface area contributed by atoms with Gasteiger partial charge in [0.25, 0.3) is 5.56 Å². The number of thioether (sulfide) groups is 1. The van der Waals surface area contributed by atoms with Crippen LogP contribution in [0.4, 0.5) is 0 Å². The lowest BCUT2D eigenvalue weighted by atomic mass is 10.2. The average molecular weight is 377 g/mol. The topological polar surface area (TPSA) is 73.7 Å². The summed E-state index contributed by atoms with van der Waals surface area (Å²) >= 11 is 1.24. The number of hydrogen-bond acceptors (Lipinski definition) is 7. The average Bonchev–Trinajstić information content (AvgIpc) is 2.69. The van der Waals surface area contributed by atoms with E-state index in [4.69, 9.17) is 9.47 Å². The monoisotopic (exact) mass is 377 g/mol. The Bertz CT molecular complexity index is 818. The highest BCUT2D eigenvalue weighted by molar-refractivity contribution is 7.99. The lowest BCUT2D eigenvalue weighted by Crippen LogP contribution is -2.37. The normalized spacial score (nSPS) is 15.3. The SMILES string of the molecule is COC(=O)CSc1nc2ccccc2c(=O)n1CCCN1CCOCC1. The van der Waals surface area contributed by atoms with Crippen LogP contribution in [0.2, 0.25) is 0 Å². The molecule has 0 unspecified atom stereocenters. The third kappa shape index (κ3) is 4.63. The Morgan fingerprint density at radius 3 is 2.81 bits per heavy atom. The van der Waals surface area contributed by atoms with Gasteiger partial charge in [-0.25, -0.2) is 4.98 Å². The van der Waals surface area contributed by atoms with Crippen LogP contribution in [0.5, 0.6) is 0 Å². The fourth-order valence-corrected chi connectivity index (χ4v) is 3.77. The van der Waals surface area contributed by atoms with E-state index >= 15 is 0 Å². The van der Waals surface area contributed by atoms with Crippen LogP contribution in [0.15, 0.2) is 34.2 Å². The number of carbonyl (C=O) groups is 1. The van der Waals surface area contributed by atoms with Crippen LogP contribution < -0.4 is 5.56 Å². The van der Waals surface area contributed by atoms with Gasteiger partial charge in [-0.3, -0.25) is 19.1 Å². The number of para-hydroxylation sites is 1. The molecule has 3 rings (SSSR count). The molecular formula is C18H23N3O4S. The highest BCUT2D eigenvalue weighted by atomic mass is 32.2. The van der Waals surface area contributed by atoms with Crippen LogP contribution in [0.25, 0.3) is 10.9 Å². The summed E-state index contributed by atoms with van der Waals surface area (Å²) in [5.74, 6) is -0.206. The Balaban J connectivity index is 1.79. The van der Waals surface area contributed by atoms with E-state index in [-0.39, 0.29) is 17.3 Å². The minimum absolute atomic E-state index is 0.0649. The Morgan fingerprint density at radius 1 is 1.27 bits per heavy atom. The minimum Gasteiger partial charge on any atom is -0.468 e. The fraction of sp³-hybridized carbons (Fsp3) is 0.500. The molecule has 2 heterocycles. The van der Waals surface area contributed by atoms with Crippen molar-refractivity contribution in [2.45, 2.75) is 18.1 Å². The van der Waals surface area contributed by atoms with E-state index in [1.807, 2.05) is 18.2 Å². The second kappa shape index (κ2) is 9.16. The molecule has 0 radical (unpaired) electrons. The van der Waals surface area contributed by atoms with Crippen LogP contribution >= 0.6 is 11.8 Å². The zero-order chi connectivity index (χ0) is 18.4. The maximum atomic E-state index is 12.9. The molecule has 1 aromatic carbocycles. The Labute approximate surface area is 156 Å². The van der Waals surface area contributed by atoms with Gasteiger partial charge in [-0.2, -0.15) is 0 Å². The van der Waals surface area contributed by atoms with Crippen molar-refractivity contribution in [2.75, 3.05) is 45.7 Å². The van der Waals surface area contributed by atoms with Crippen LogP contribution in [0.3, 0.4) is 0 Å². The lowest BCUT2D eigenvalue weighted by Gasteiger charge is -2.26. The van der Waals surface area contributed by atoms with Gasteiger partial charge in [-0.15, -0.1) is 0 Å². The minimum atomic E-state index is -0.336. The summed E-state index contributed by atoms with van der Waals surface area (Å²) < 4.78 is 11.7. The first kappa shape index (κ1) is 18.9. The molecule has 1 aliphatic rings. The van der Waals surface area contributed by atoms with Crippen molar-refractivity contribution in [3.8, 4) is 0 Å². The molecule has 1 aromatic heterocycles. The maximum Gasteiger partial charge on any atom is 0.316 e. The zero-order valence-corrected chi connectivity index (χ0v) is 15.7. The Morgan fingerprint density at radius 2 is 2.04 bits per heavy atom. The van der Waals surface area contributed by atoms with E-state index in [1.54, 1.807) is 10.6 Å². The summed E-state index contributed by atoms with van der Waals surface area (Å²) in [6, 6.07) is 7.30. The van der Waals surface area contributed by atoms with Crippen molar-refractivity contribution in [1.82, 2.24) is 14.5 Å². The molecule has 0 spiro atoms. The van der Waals surface area contributed by atoms with Gasteiger partial charge in [-0.05, 0) is 18.6 Å². The number of rotatable bonds is 7. The number of esters is 1. The van der Waals surface area contributed by atoms with E-state index in [1.165, 1.54) is 18.9 Å². The van der Waals surface area contributed by atoms with Gasteiger partial charge >= 0.3 is 5.97 Å². The molecule has 0 aliphatic carbocycles. The quantitative estimate of drug-likeness (QED) is 0.410. The van der Waals surface area contributed by atoms with E-state index in [0.717, 1.165) is 39.3 Å². The highest BCUT2D eigenvalue weighted by Crippen LogP contribution is 2.18. The van der Waals surface area contributed by atoms with Crippen LogP contribution in [-0.2, 0) is 20.8 Å². The van der Waals surface area contributed by atoms with Crippen molar-refractivity contribution in [1.29, 1.82) is 0 Å². The lowest BCUT2D eigenvalue weighted by molar-refractivity contribution is -0.137. The number of methoxy groups -OCH3 is 1. The number of hydrogen-bond donors (Lipinski definition) is 0. The summed E-state index contributed by atoms with van der Waals surface area (Å²) in [5, 5.41) is 1.15. The molecule has 8 heteroatoms. The number of benzene rings is 1. The summed E-state index contributed by atoms with van der Waals surface area (Å²) in [6.45, 7) is 4.85. The molecule has 7 nitrogen and oxygen atoms in total. The smallest absolute Gasteiger partial charge is 0.316 e. The van der Waals surface area contributed by atoms with Crippen molar-refractivity contribution in [3.63, 3.8) is 0 Å². The number of nitrogens with zero attached hydrogens (tertiary/aromatic N) is 3. The molecule has 0 bridgehead atoms. The largest absolute Gasteiger partial charge is 0.468 e. The van der Waals surface area contributed by atoms with Gasteiger partial charge in [0.05, 0.1) is 37.0 Å². The first-order chi connectivity index (χ1) is 12.7. The number of ether oxygens (including phenoxy) is 2. The molecular weight excluding hydrogens is 354 g/mol. The first-order valence-electron chi connectivity index (χ1n) is 8.68. The van der Waals surface area contributed by atoms with E-state index < -0.39 is 0 Å². The number of carbonyl (C=O) groups excluding carboxylic acids is 1. The molecule has 0 saturated carbocycles. The number of morpholine rings is 1. The standard InChI is InChI=1S/C18H23N3O4S/c1-24-16(22)13-26-18-19-15-6-3-2-5-14(15)17(23)21(18)8-4-7-20-9-11-25-12-10-20/h2-3,5-6H,4,7-13H2,1H3. The third-order valence-electron chi connectivity index (χ3n) is 4.33. The molecule has 1 saturated heterocycles. The molecule has 2 aromatic rings. The second-order valence-corrected chi connectivity index (χ2v) is 6.98. The van der Waals surface area contributed by atoms with E-state index in [9.17, 15) is 9.59 Å². The van der Waals surface area contributed by atoms with Crippen molar-refractivity contribution in [2.24, 2.45) is 0 Å². The van der Waals surface area contributed by atoms with E-state index in [0.29, 0.717) is 22.6 Å². The Kier molecular flexibility index (Phi) is 6.65. The number of fused-ring (bicyclic) bond motifs is 1. The van der Waals surface area contributed by atoms with Crippen molar-refractivity contribution < 1.29 is 14.3 Å². The van der Waals surface area contributed by atoms with Gasteiger partial charge in [0.1, 0.15) is 0 Å². The third-order valence-corrected chi connectivity index (χ3v) is 5.28. The molecule has 26 heavy (non-hydrogen) atoms. The summed E-state index contributed by atoms with van der Waals surface area (Å²) in [6.07, 6.45) is 0.839. The van der Waals surface area contributed by atoms with Crippen molar-refractivity contribution >= 4 is 28.6 Å². The van der Waals surface area contributed by atoms with Gasteiger partial charge < -0.3 is 9.47 Å². The van der Waals surface area contributed by atoms with Gasteiger partial charge in [0.2, 0.25) is 0 Å². The molecule has 1 aliphatic heterocycles. The summed E-state index contributed by atoms with van der Waals surface area (Å²) in [7, 11) is 1.35. The molecule has 0 atom stereocenters. The van der Waals surface area contributed by atoms with Gasteiger partial charge in [-0.1, -0.05) is 23.9 Å². The summed E-state index contributed by atoms with van der Waals surface area (Å²) in [4.78, 5) is 31.3. The van der Waals surface area contributed by atoms with Crippen LogP contribution in [-0.4, -0.2) is 66.1 Å². The van der Waals surface area contributed by atoms with E-state index in [2.05, 4.69) is 9.88 Å². The molecule has 0 amide bonds. The second-order valence-electron chi connectivity index (χ2n) is 6.04. The first-order valence-corrected chi connectivity index (χ1v) is 9.67. The van der Waals surface area contributed by atoms with Gasteiger partial charge in [0.15, 0.2) is 5.16 Å². The van der Waals surface area contributed by atoms with Crippen LogP contribution in [0, 0.1) is 0 Å². The maximum absolute atomic E-state index is 12.9. The Hall–Kier alpha value is -1.90. The predicted molar refractivity (Wildman–Crippen MR) is 101 cm³/mol. The van der Waals surface area contributed by atoms with Crippen molar-refractivity contribution in [3.05, 3.63) is 34.6 Å². The highest BCUT2D eigenvalue weighted by Gasteiger charge is 2.14. The van der Waals surface area contributed by atoms with Crippen LogP contribution in [0.1, 0.15) is 6.42 Å². The summed E-state index contributed by atoms with van der Waals surface area (Å²) in [5.41, 5.74) is 0.583. The predicted octanol–water partition coefficient (Wildman–Crippen LogP) is 1.38. The molecule has 140 valence electrons. The molecule has 0 N–H and O–H groups in total. The molecule has 1 fully saturated rings. The van der Waals surface area contributed by atoms with Gasteiger partial charge in [0, 0.05) is 26.2 Å².